The van der Waals surface area contributed by atoms with E-state index in [1.165, 1.54) is 0 Å². The van der Waals surface area contributed by atoms with Crippen molar-refractivity contribution in [3.63, 3.8) is 0 Å². The Labute approximate surface area is 127 Å². The van der Waals surface area contributed by atoms with E-state index < -0.39 is 0 Å². The van der Waals surface area contributed by atoms with Crippen LogP contribution in [0.5, 0.6) is 5.75 Å². The fourth-order valence-electron chi connectivity index (χ4n) is 2.27. The standard InChI is InChI=1S/C16H13Cl2NO/c1-19-12(9-11-5-4-7-14(18)16(11)19)10-20-15-8-3-2-6-13(15)17/h2-9H,10H2,1H3. The Hall–Kier alpha value is -1.64. The summed E-state index contributed by atoms with van der Waals surface area (Å²) in [5, 5.41) is 2.47. The van der Waals surface area contributed by atoms with E-state index in [1.54, 1.807) is 0 Å². The molecule has 0 fully saturated rings. The molecule has 1 heterocycles. The summed E-state index contributed by atoms with van der Waals surface area (Å²) in [5.41, 5.74) is 2.07. The lowest BCUT2D eigenvalue weighted by Crippen LogP contribution is -2.02. The Balaban J connectivity index is 1.90. The van der Waals surface area contributed by atoms with Gasteiger partial charge in [0.15, 0.2) is 0 Å². The van der Waals surface area contributed by atoms with E-state index in [2.05, 4.69) is 10.6 Å². The number of hydrogen-bond acceptors (Lipinski definition) is 1. The zero-order valence-electron chi connectivity index (χ0n) is 10.9. The largest absolute Gasteiger partial charge is 0.486 e. The summed E-state index contributed by atoms with van der Waals surface area (Å²) in [6.07, 6.45) is 0. The zero-order chi connectivity index (χ0) is 14.1. The molecule has 0 aliphatic rings. The van der Waals surface area contributed by atoms with E-state index in [9.17, 15) is 0 Å². The molecule has 0 N–H and O–H groups in total. The molecular formula is C16H13Cl2NO. The Morgan fingerprint density at radius 1 is 1.00 bits per heavy atom. The summed E-state index contributed by atoms with van der Waals surface area (Å²) in [4.78, 5) is 0. The van der Waals surface area contributed by atoms with Crippen LogP contribution in [0, 0.1) is 0 Å². The van der Waals surface area contributed by atoms with Gasteiger partial charge in [0.2, 0.25) is 0 Å². The molecule has 0 radical (unpaired) electrons. The lowest BCUT2D eigenvalue weighted by Gasteiger charge is -2.09. The van der Waals surface area contributed by atoms with Crippen molar-refractivity contribution in [3.8, 4) is 5.75 Å². The highest BCUT2D eigenvalue weighted by molar-refractivity contribution is 6.35. The quantitative estimate of drug-likeness (QED) is 0.659. The maximum absolute atomic E-state index is 6.24. The van der Waals surface area contributed by atoms with Gasteiger partial charge in [-0.15, -0.1) is 0 Å². The smallest absolute Gasteiger partial charge is 0.138 e. The van der Waals surface area contributed by atoms with Crippen LogP contribution >= 0.6 is 23.2 Å². The summed E-state index contributed by atoms with van der Waals surface area (Å²) in [5.74, 6) is 0.686. The van der Waals surface area contributed by atoms with Crippen LogP contribution in [-0.2, 0) is 13.7 Å². The first-order valence-electron chi connectivity index (χ1n) is 6.27. The topological polar surface area (TPSA) is 14.2 Å². The molecule has 0 unspecified atom stereocenters. The number of ether oxygens (including phenoxy) is 1. The first-order valence-corrected chi connectivity index (χ1v) is 7.02. The number of nitrogens with zero attached hydrogens (tertiary/aromatic N) is 1. The van der Waals surface area contributed by atoms with E-state index in [1.807, 2.05) is 49.5 Å². The first-order chi connectivity index (χ1) is 9.66. The number of rotatable bonds is 3. The number of fused-ring (bicyclic) bond motifs is 1. The summed E-state index contributed by atoms with van der Waals surface area (Å²) in [6.45, 7) is 0.450. The Morgan fingerprint density at radius 3 is 2.50 bits per heavy atom. The molecule has 2 nitrogen and oxygen atoms in total. The highest BCUT2D eigenvalue weighted by atomic mass is 35.5. The maximum Gasteiger partial charge on any atom is 0.138 e. The average molecular weight is 306 g/mol. The molecule has 20 heavy (non-hydrogen) atoms. The van der Waals surface area contributed by atoms with E-state index in [0.717, 1.165) is 21.6 Å². The molecule has 0 amide bonds. The molecule has 0 bridgehead atoms. The van der Waals surface area contributed by atoms with Gasteiger partial charge in [0.25, 0.3) is 0 Å². The summed E-state index contributed by atoms with van der Waals surface area (Å²) in [7, 11) is 1.99. The van der Waals surface area contributed by atoms with Crippen LogP contribution in [0.15, 0.2) is 48.5 Å². The second kappa shape index (κ2) is 5.39. The molecule has 4 heteroatoms. The van der Waals surface area contributed by atoms with Gasteiger partial charge in [0, 0.05) is 12.4 Å². The van der Waals surface area contributed by atoms with Gasteiger partial charge in [-0.05, 0) is 24.3 Å². The molecule has 1 aromatic heterocycles. The van der Waals surface area contributed by atoms with Crippen molar-refractivity contribution in [2.45, 2.75) is 6.61 Å². The molecule has 0 saturated carbocycles. The maximum atomic E-state index is 6.24. The first kappa shape index (κ1) is 13.3. The molecule has 0 aliphatic carbocycles. The number of aromatic nitrogens is 1. The Kier molecular flexibility index (Phi) is 3.60. The minimum absolute atomic E-state index is 0.450. The van der Waals surface area contributed by atoms with Gasteiger partial charge in [0.1, 0.15) is 12.4 Å². The third kappa shape index (κ3) is 2.37. The summed E-state index contributed by atoms with van der Waals surface area (Å²) < 4.78 is 7.83. The third-order valence-corrected chi connectivity index (χ3v) is 3.94. The number of halogens is 2. The Bertz CT molecular complexity index is 764. The second-order valence-corrected chi connectivity index (χ2v) is 5.41. The van der Waals surface area contributed by atoms with Crippen molar-refractivity contribution >= 4 is 34.1 Å². The van der Waals surface area contributed by atoms with E-state index in [0.29, 0.717) is 17.4 Å². The van der Waals surface area contributed by atoms with Crippen LogP contribution in [0.3, 0.4) is 0 Å². The second-order valence-electron chi connectivity index (χ2n) is 4.59. The van der Waals surface area contributed by atoms with Gasteiger partial charge >= 0.3 is 0 Å². The number of para-hydroxylation sites is 2. The normalized spacial score (nSPS) is 10.9. The van der Waals surface area contributed by atoms with Crippen LogP contribution in [0.25, 0.3) is 10.9 Å². The van der Waals surface area contributed by atoms with Crippen molar-refractivity contribution in [3.05, 3.63) is 64.3 Å². The lowest BCUT2D eigenvalue weighted by molar-refractivity contribution is 0.298. The molecule has 0 aliphatic heterocycles. The average Bonchev–Trinajstić information content (AvgIpc) is 2.76. The van der Waals surface area contributed by atoms with Crippen LogP contribution in [-0.4, -0.2) is 4.57 Å². The van der Waals surface area contributed by atoms with E-state index >= 15 is 0 Å². The molecule has 0 saturated heterocycles. The summed E-state index contributed by atoms with van der Waals surface area (Å²) >= 11 is 12.3. The number of benzene rings is 2. The van der Waals surface area contributed by atoms with Crippen molar-refractivity contribution in [1.82, 2.24) is 4.57 Å². The molecule has 2 aromatic carbocycles. The van der Waals surface area contributed by atoms with Gasteiger partial charge in [-0.3, -0.25) is 0 Å². The van der Waals surface area contributed by atoms with Gasteiger partial charge in [0.05, 0.1) is 21.3 Å². The van der Waals surface area contributed by atoms with E-state index in [-0.39, 0.29) is 0 Å². The van der Waals surface area contributed by atoms with Crippen molar-refractivity contribution in [2.24, 2.45) is 7.05 Å². The molecule has 3 rings (SSSR count). The van der Waals surface area contributed by atoms with Crippen LogP contribution in [0.4, 0.5) is 0 Å². The summed E-state index contributed by atoms with van der Waals surface area (Å²) in [6, 6.07) is 15.4. The lowest BCUT2D eigenvalue weighted by atomic mass is 10.2. The fraction of sp³-hybridized carbons (Fsp3) is 0.125. The fourth-order valence-corrected chi connectivity index (χ4v) is 2.77. The van der Waals surface area contributed by atoms with Gasteiger partial charge in [-0.2, -0.15) is 0 Å². The van der Waals surface area contributed by atoms with Crippen LogP contribution in [0.2, 0.25) is 10.0 Å². The van der Waals surface area contributed by atoms with Gasteiger partial charge in [-0.1, -0.05) is 47.5 Å². The highest BCUT2D eigenvalue weighted by Gasteiger charge is 2.09. The van der Waals surface area contributed by atoms with Crippen molar-refractivity contribution < 1.29 is 4.74 Å². The molecule has 0 spiro atoms. The van der Waals surface area contributed by atoms with Crippen molar-refractivity contribution in [1.29, 1.82) is 0 Å². The minimum Gasteiger partial charge on any atom is -0.486 e. The monoisotopic (exact) mass is 305 g/mol. The van der Waals surface area contributed by atoms with Gasteiger partial charge < -0.3 is 9.30 Å². The highest BCUT2D eigenvalue weighted by Crippen LogP contribution is 2.28. The molecule has 102 valence electrons. The predicted molar refractivity (Wildman–Crippen MR) is 83.7 cm³/mol. The van der Waals surface area contributed by atoms with E-state index in [4.69, 9.17) is 27.9 Å². The SMILES string of the molecule is Cn1c(COc2ccccc2Cl)cc2cccc(Cl)c21. The third-order valence-electron chi connectivity index (χ3n) is 3.32. The van der Waals surface area contributed by atoms with Crippen LogP contribution < -0.4 is 4.74 Å². The Morgan fingerprint density at radius 2 is 1.75 bits per heavy atom. The molecular weight excluding hydrogens is 293 g/mol. The predicted octanol–water partition coefficient (Wildman–Crippen LogP) is 5.06. The van der Waals surface area contributed by atoms with Gasteiger partial charge in [-0.25, -0.2) is 0 Å². The number of aryl methyl sites for hydroxylation is 1. The number of hydrogen-bond donors (Lipinski definition) is 0. The zero-order valence-corrected chi connectivity index (χ0v) is 12.4. The van der Waals surface area contributed by atoms with Crippen LogP contribution in [0.1, 0.15) is 5.69 Å². The van der Waals surface area contributed by atoms with Crippen molar-refractivity contribution in [2.75, 3.05) is 0 Å². The minimum atomic E-state index is 0.450. The molecule has 3 aromatic rings. The molecule has 0 atom stereocenters.